The lowest BCUT2D eigenvalue weighted by Gasteiger charge is -2.23. The summed E-state index contributed by atoms with van der Waals surface area (Å²) in [5.74, 6) is 1.07. The van der Waals surface area contributed by atoms with Crippen LogP contribution in [0, 0.1) is 11.8 Å². The van der Waals surface area contributed by atoms with Gasteiger partial charge in [0.15, 0.2) is 0 Å². The van der Waals surface area contributed by atoms with Gasteiger partial charge in [-0.05, 0) is 37.9 Å². The van der Waals surface area contributed by atoms with Crippen LogP contribution in [0.25, 0.3) is 0 Å². The predicted molar refractivity (Wildman–Crippen MR) is 71.0 cm³/mol. The minimum absolute atomic E-state index is 0.223. The average Bonchev–Trinajstić information content (AvgIpc) is 2.79. The van der Waals surface area contributed by atoms with E-state index in [0.29, 0.717) is 12.5 Å². The summed E-state index contributed by atoms with van der Waals surface area (Å²) in [6, 6.07) is 4.47. The Balaban J connectivity index is 1.88. The Morgan fingerprint density at radius 2 is 2.35 bits per heavy atom. The zero-order chi connectivity index (χ0) is 12.4. The minimum Gasteiger partial charge on any atom is -0.354 e. The molecule has 17 heavy (non-hydrogen) atoms. The third-order valence-electron chi connectivity index (χ3n) is 3.41. The Labute approximate surface area is 107 Å². The summed E-state index contributed by atoms with van der Waals surface area (Å²) in [7, 11) is 4.10. The first-order valence-corrected chi connectivity index (χ1v) is 6.95. The molecule has 1 aliphatic carbocycles. The van der Waals surface area contributed by atoms with E-state index in [-0.39, 0.29) is 17.9 Å². The van der Waals surface area contributed by atoms with Crippen LogP contribution in [-0.4, -0.2) is 31.4 Å². The molecule has 94 valence electrons. The quantitative estimate of drug-likeness (QED) is 0.870. The van der Waals surface area contributed by atoms with Crippen LogP contribution in [0.3, 0.4) is 0 Å². The van der Waals surface area contributed by atoms with Crippen molar-refractivity contribution in [1.82, 2.24) is 10.2 Å². The second-order valence-electron chi connectivity index (χ2n) is 5.06. The maximum atomic E-state index is 11.8. The molecule has 1 aliphatic rings. The number of carbonyl (C=O) groups is 1. The van der Waals surface area contributed by atoms with Gasteiger partial charge < -0.3 is 10.2 Å². The van der Waals surface area contributed by atoms with Crippen molar-refractivity contribution in [3.63, 3.8) is 0 Å². The predicted octanol–water partition coefficient (Wildman–Crippen LogP) is 2.12. The Bertz CT molecular complexity index is 375. The van der Waals surface area contributed by atoms with Gasteiger partial charge in [0.1, 0.15) is 0 Å². The first-order valence-electron chi connectivity index (χ1n) is 6.07. The molecule has 0 saturated heterocycles. The minimum atomic E-state index is 0.223. The molecule has 1 saturated carbocycles. The molecule has 3 unspecified atom stereocenters. The third-order valence-corrected chi connectivity index (χ3v) is 4.38. The molecule has 3 atom stereocenters. The normalized spacial score (nSPS) is 24.7. The maximum Gasteiger partial charge on any atom is 0.223 e. The molecular weight excluding hydrogens is 232 g/mol. The van der Waals surface area contributed by atoms with Crippen LogP contribution in [-0.2, 0) is 4.79 Å². The fourth-order valence-corrected chi connectivity index (χ4v) is 2.96. The van der Waals surface area contributed by atoms with Crippen LogP contribution < -0.4 is 5.32 Å². The fourth-order valence-electron chi connectivity index (χ4n) is 2.03. The number of amides is 1. The number of thiophene rings is 1. The summed E-state index contributed by atoms with van der Waals surface area (Å²) in [4.78, 5) is 15.2. The van der Waals surface area contributed by atoms with E-state index in [4.69, 9.17) is 0 Å². The van der Waals surface area contributed by atoms with Gasteiger partial charge in [-0.1, -0.05) is 13.0 Å². The Hall–Kier alpha value is -0.870. The van der Waals surface area contributed by atoms with E-state index in [2.05, 4.69) is 48.7 Å². The maximum absolute atomic E-state index is 11.8. The summed E-state index contributed by atoms with van der Waals surface area (Å²) in [6.07, 6.45) is 1.05. The van der Waals surface area contributed by atoms with Gasteiger partial charge in [0.25, 0.3) is 0 Å². The van der Waals surface area contributed by atoms with E-state index < -0.39 is 0 Å². The molecule has 2 rings (SSSR count). The van der Waals surface area contributed by atoms with Crippen molar-refractivity contribution in [3.8, 4) is 0 Å². The van der Waals surface area contributed by atoms with Crippen LogP contribution >= 0.6 is 11.3 Å². The zero-order valence-corrected chi connectivity index (χ0v) is 11.5. The van der Waals surface area contributed by atoms with Gasteiger partial charge in [0, 0.05) is 17.3 Å². The second-order valence-corrected chi connectivity index (χ2v) is 6.04. The lowest BCUT2D eigenvalue weighted by atomic mass is 10.2. The Morgan fingerprint density at radius 3 is 2.82 bits per heavy atom. The van der Waals surface area contributed by atoms with Crippen molar-refractivity contribution in [3.05, 3.63) is 22.4 Å². The van der Waals surface area contributed by atoms with Crippen molar-refractivity contribution in [2.24, 2.45) is 11.8 Å². The van der Waals surface area contributed by atoms with E-state index in [1.165, 1.54) is 4.88 Å². The molecular formula is C13H20N2OS. The SMILES string of the molecule is CC1CC1C(=O)NCC(c1cccs1)N(C)C. The largest absolute Gasteiger partial charge is 0.354 e. The molecule has 0 aromatic carbocycles. The van der Waals surface area contributed by atoms with Crippen LogP contribution in [0.15, 0.2) is 17.5 Å². The van der Waals surface area contributed by atoms with Crippen molar-refractivity contribution in [2.45, 2.75) is 19.4 Å². The number of nitrogens with zero attached hydrogens (tertiary/aromatic N) is 1. The first-order chi connectivity index (χ1) is 8.09. The molecule has 1 aromatic rings. The Morgan fingerprint density at radius 1 is 1.65 bits per heavy atom. The lowest BCUT2D eigenvalue weighted by molar-refractivity contribution is -0.122. The summed E-state index contributed by atoms with van der Waals surface area (Å²) >= 11 is 1.74. The molecule has 0 spiro atoms. The molecule has 0 radical (unpaired) electrons. The van der Waals surface area contributed by atoms with Crippen molar-refractivity contribution < 1.29 is 4.79 Å². The Kier molecular flexibility index (Phi) is 3.84. The standard InChI is InChI=1S/C13H20N2OS/c1-9-7-10(9)13(16)14-8-11(15(2)3)12-5-4-6-17-12/h4-6,9-11H,7-8H2,1-3H3,(H,14,16). The first kappa shape index (κ1) is 12.6. The molecule has 0 aliphatic heterocycles. The number of hydrogen-bond acceptors (Lipinski definition) is 3. The van der Waals surface area contributed by atoms with E-state index in [9.17, 15) is 4.79 Å². The smallest absolute Gasteiger partial charge is 0.223 e. The van der Waals surface area contributed by atoms with Crippen molar-refractivity contribution in [1.29, 1.82) is 0 Å². The fraction of sp³-hybridized carbons (Fsp3) is 0.615. The van der Waals surface area contributed by atoms with Gasteiger partial charge in [0.05, 0.1) is 6.04 Å². The van der Waals surface area contributed by atoms with E-state index >= 15 is 0 Å². The van der Waals surface area contributed by atoms with Crippen LogP contribution in [0.5, 0.6) is 0 Å². The monoisotopic (exact) mass is 252 g/mol. The highest BCUT2D eigenvalue weighted by molar-refractivity contribution is 7.10. The van der Waals surface area contributed by atoms with E-state index in [0.717, 1.165) is 6.42 Å². The molecule has 1 fully saturated rings. The number of rotatable bonds is 5. The number of nitrogens with one attached hydrogen (secondary N) is 1. The molecule has 4 heteroatoms. The van der Waals surface area contributed by atoms with Gasteiger partial charge in [-0.3, -0.25) is 4.79 Å². The zero-order valence-electron chi connectivity index (χ0n) is 10.6. The van der Waals surface area contributed by atoms with Crippen LogP contribution in [0.1, 0.15) is 24.3 Å². The van der Waals surface area contributed by atoms with Crippen LogP contribution in [0.2, 0.25) is 0 Å². The molecule has 1 aromatic heterocycles. The average molecular weight is 252 g/mol. The molecule has 1 heterocycles. The lowest BCUT2D eigenvalue weighted by Crippen LogP contribution is -2.35. The van der Waals surface area contributed by atoms with Crippen LogP contribution in [0.4, 0.5) is 0 Å². The summed E-state index contributed by atoms with van der Waals surface area (Å²) in [6.45, 7) is 2.84. The number of hydrogen-bond donors (Lipinski definition) is 1. The second kappa shape index (κ2) is 5.19. The third kappa shape index (κ3) is 3.07. The molecule has 1 N–H and O–H groups in total. The highest BCUT2D eigenvalue weighted by Crippen LogP contribution is 2.37. The molecule has 1 amide bonds. The van der Waals surface area contributed by atoms with Gasteiger partial charge in [-0.15, -0.1) is 11.3 Å². The van der Waals surface area contributed by atoms with Gasteiger partial charge in [0.2, 0.25) is 5.91 Å². The highest BCUT2D eigenvalue weighted by Gasteiger charge is 2.39. The van der Waals surface area contributed by atoms with Gasteiger partial charge in [-0.25, -0.2) is 0 Å². The van der Waals surface area contributed by atoms with E-state index in [1.807, 2.05) is 0 Å². The van der Waals surface area contributed by atoms with Gasteiger partial charge >= 0.3 is 0 Å². The van der Waals surface area contributed by atoms with Crippen molar-refractivity contribution in [2.75, 3.05) is 20.6 Å². The number of likely N-dealkylation sites (N-methyl/N-ethyl adjacent to an activating group) is 1. The topological polar surface area (TPSA) is 32.3 Å². The van der Waals surface area contributed by atoms with Crippen molar-refractivity contribution >= 4 is 17.2 Å². The highest BCUT2D eigenvalue weighted by atomic mass is 32.1. The number of carbonyl (C=O) groups excluding carboxylic acids is 1. The molecule has 3 nitrogen and oxygen atoms in total. The summed E-state index contributed by atoms with van der Waals surface area (Å²) < 4.78 is 0. The van der Waals surface area contributed by atoms with Gasteiger partial charge in [-0.2, -0.15) is 0 Å². The molecule has 0 bridgehead atoms. The van der Waals surface area contributed by atoms with E-state index in [1.54, 1.807) is 11.3 Å². The summed E-state index contributed by atoms with van der Waals surface area (Å²) in [5, 5.41) is 5.15. The summed E-state index contributed by atoms with van der Waals surface area (Å²) in [5.41, 5.74) is 0.